The second-order valence-electron chi connectivity index (χ2n) is 7.92. The van der Waals surface area contributed by atoms with E-state index in [2.05, 4.69) is 25.4 Å². The Labute approximate surface area is 198 Å². The summed E-state index contributed by atoms with van der Waals surface area (Å²) in [5, 5.41) is 8.01. The molecular weight excluding hydrogens is 460 g/mol. The molecule has 3 aromatic heterocycles. The van der Waals surface area contributed by atoms with Gasteiger partial charge >= 0.3 is 6.01 Å². The minimum atomic E-state index is -0.569. The molecule has 4 heterocycles. The van der Waals surface area contributed by atoms with E-state index in [4.69, 9.17) is 21.8 Å². The van der Waals surface area contributed by atoms with Crippen LogP contribution in [0, 0.1) is 0 Å². The molecule has 1 atom stereocenters. The van der Waals surface area contributed by atoms with Crippen LogP contribution < -0.4 is 11.1 Å². The summed E-state index contributed by atoms with van der Waals surface area (Å²) < 4.78 is 7.25. The Hall–Kier alpha value is -3.99. The molecule has 0 saturated carbocycles. The number of fused-ring (bicyclic) bond motifs is 2. The smallest absolute Gasteiger partial charge is 0.302 e. The van der Waals surface area contributed by atoms with Gasteiger partial charge in [-0.3, -0.25) is 14.9 Å². The molecule has 1 aromatic carbocycles. The van der Waals surface area contributed by atoms with Crippen LogP contribution in [0.15, 0.2) is 41.1 Å². The van der Waals surface area contributed by atoms with E-state index in [-0.39, 0.29) is 29.5 Å². The monoisotopic (exact) mass is 480 g/mol. The number of aromatic nitrogens is 5. The number of benzene rings is 1. The van der Waals surface area contributed by atoms with Crippen LogP contribution in [0.5, 0.6) is 0 Å². The van der Waals surface area contributed by atoms with Crippen LogP contribution >= 0.6 is 11.6 Å². The molecule has 11 nitrogen and oxygen atoms in total. The van der Waals surface area contributed by atoms with E-state index in [1.807, 2.05) is 0 Å². The average Bonchev–Trinajstić information content (AvgIpc) is 3.41. The maximum Gasteiger partial charge on any atom is 0.302 e. The molecule has 1 saturated heterocycles. The fourth-order valence-electron chi connectivity index (χ4n) is 4.12. The number of nitrogens with one attached hydrogen (secondary N) is 1. The number of nitrogens with zero attached hydrogens (tertiary/aromatic N) is 6. The molecule has 5 rings (SSSR count). The number of carbonyl (C=O) groups is 2. The molecule has 1 fully saturated rings. The average molecular weight is 481 g/mol. The van der Waals surface area contributed by atoms with Crippen molar-refractivity contribution in [2.75, 3.05) is 24.1 Å². The molecule has 0 spiro atoms. The van der Waals surface area contributed by atoms with Crippen molar-refractivity contribution in [1.82, 2.24) is 29.6 Å². The molecule has 0 radical (unpaired) electrons. The molecule has 4 aromatic rings. The summed E-state index contributed by atoms with van der Waals surface area (Å²) >= 11 is 6.00. The number of carbonyl (C=O) groups excluding carboxylic acids is 2. The molecule has 1 aliphatic rings. The third-order valence-electron chi connectivity index (χ3n) is 5.67. The number of nitrogens with two attached hydrogens (primary N) is 1. The van der Waals surface area contributed by atoms with E-state index in [1.165, 1.54) is 12.4 Å². The first-order valence-corrected chi connectivity index (χ1v) is 11.1. The zero-order valence-corrected chi connectivity index (χ0v) is 19.0. The highest BCUT2D eigenvalue weighted by molar-refractivity contribution is 6.31. The number of hydrogen-bond donors (Lipinski definition) is 2. The number of anilines is 2. The fourth-order valence-corrected chi connectivity index (χ4v) is 4.29. The van der Waals surface area contributed by atoms with Crippen LogP contribution in [0.25, 0.3) is 22.1 Å². The first-order valence-electron chi connectivity index (χ1n) is 10.7. The van der Waals surface area contributed by atoms with Crippen LogP contribution in [0.1, 0.15) is 36.3 Å². The highest BCUT2D eigenvalue weighted by Gasteiger charge is 2.29. The van der Waals surface area contributed by atoms with Gasteiger partial charge in [0.15, 0.2) is 16.9 Å². The molecule has 3 N–H and O–H groups in total. The summed E-state index contributed by atoms with van der Waals surface area (Å²) in [6.07, 6.45) is 6.14. The molecule has 1 aliphatic heterocycles. The van der Waals surface area contributed by atoms with Crippen molar-refractivity contribution < 1.29 is 14.0 Å². The van der Waals surface area contributed by atoms with E-state index in [9.17, 15) is 9.59 Å². The van der Waals surface area contributed by atoms with Crippen LogP contribution in [0.4, 0.5) is 11.8 Å². The Bertz CT molecular complexity index is 1440. The second-order valence-corrected chi connectivity index (χ2v) is 8.35. The number of likely N-dealkylation sites (tertiary alicyclic amines) is 1. The van der Waals surface area contributed by atoms with Gasteiger partial charge in [-0.2, -0.15) is 10.1 Å². The van der Waals surface area contributed by atoms with Crippen LogP contribution in [0.3, 0.4) is 0 Å². The SMILES string of the molecule is CC=CC(=O)N1CCC[C@@H](n2nc(C(=O)Nc3nc4cc(Cl)ccc4o3)c3c(N)ncnc32)C1. The van der Waals surface area contributed by atoms with Gasteiger partial charge in [0.1, 0.15) is 17.7 Å². The maximum absolute atomic E-state index is 13.2. The summed E-state index contributed by atoms with van der Waals surface area (Å²) in [7, 11) is 0. The molecule has 0 unspecified atom stereocenters. The van der Waals surface area contributed by atoms with Crippen LogP contribution in [0.2, 0.25) is 5.02 Å². The predicted molar refractivity (Wildman–Crippen MR) is 126 cm³/mol. The Morgan fingerprint density at radius 2 is 2.18 bits per heavy atom. The van der Waals surface area contributed by atoms with Gasteiger partial charge in [-0.1, -0.05) is 17.7 Å². The largest absolute Gasteiger partial charge is 0.423 e. The second kappa shape index (κ2) is 8.75. The van der Waals surface area contributed by atoms with E-state index < -0.39 is 5.91 Å². The van der Waals surface area contributed by atoms with E-state index in [0.29, 0.717) is 40.2 Å². The highest BCUT2D eigenvalue weighted by atomic mass is 35.5. The van der Waals surface area contributed by atoms with Crippen molar-refractivity contribution in [3.8, 4) is 0 Å². The van der Waals surface area contributed by atoms with Gasteiger partial charge in [0.2, 0.25) is 5.91 Å². The number of piperidine rings is 1. The van der Waals surface area contributed by atoms with Crippen molar-refractivity contribution in [2.45, 2.75) is 25.8 Å². The van der Waals surface area contributed by atoms with Gasteiger partial charge in [-0.25, -0.2) is 14.6 Å². The Morgan fingerprint density at radius 1 is 1.32 bits per heavy atom. The van der Waals surface area contributed by atoms with E-state index in [0.717, 1.165) is 12.8 Å². The molecule has 12 heteroatoms. The lowest BCUT2D eigenvalue weighted by atomic mass is 10.1. The zero-order valence-electron chi connectivity index (χ0n) is 18.2. The third kappa shape index (κ3) is 3.94. The van der Waals surface area contributed by atoms with Crippen LogP contribution in [-0.4, -0.2) is 54.5 Å². The summed E-state index contributed by atoms with van der Waals surface area (Å²) in [6.45, 7) is 2.90. The van der Waals surface area contributed by atoms with Crippen molar-refractivity contribution in [3.05, 3.63) is 47.4 Å². The normalized spacial score (nSPS) is 16.5. The number of allylic oxidation sites excluding steroid dienone is 1. The van der Waals surface area contributed by atoms with Crippen molar-refractivity contribution in [1.29, 1.82) is 0 Å². The lowest BCUT2D eigenvalue weighted by molar-refractivity contribution is -0.127. The van der Waals surface area contributed by atoms with E-state index >= 15 is 0 Å². The van der Waals surface area contributed by atoms with Crippen LogP contribution in [-0.2, 0) is 4.79 Å². The standard InChI is InChI=1S/C22H21ClN8O3/c1-2-4-16(32)30-8-3-5-13(10-30)31-20-17(19(24)25-11-26-20)18(29-31)21(33)28-22-27-14-9-12(23)6-7-15(14)34-22/h2,4,6-7,9,11,13H,3,5,8,10H2,1H3,(H2,24,25,26)(H,27,28,33)/t13-/m1/s1. The summed E-state index contributed by atoms with van der Waals surface area (Å²) in [6, 6.07) is 4.80. The van der Waals surface area contributed by atoms with Gasteiger partial charge in [0.25, 0.3) is 5.91 Å². The van der Waals surface area contributed by atoms with Gasteiger partial charge < -0.3 is 15.1 Å². The first-order chi connectivity index (χ1) is 16.4. The summed E-state index contributed by atoms with van der Waals surface area (Å²) in [5.41, 5.74) is 7.57. The first kappa shape index (κ1) is 21.8. The minimum Gasteiger partial charge on any atom is -0.423 e. The lowest BCUT2D eigenvalue weighted by Gasteiger charge is -2.32. The number of amides is 2. The highest BCUT2D eigenvalue weighted by Crippen LogP contribution is 2.29. The van der Waals surface area contributed by atoms with E-state index in [1.54, 1.807) is 40.8 Å². The van der Waals surface area contributed by atoms with Gasteiger partial charge in [-0.15, -0.1) is 0 Å². The maximum atomic E-state index is 13.2. The zero-order chi connectivity index (χ0) is 23.8. The Balaban J connectivity index is 1.49. The number of oxazole rings is 1. The summed E-state index contributed by atoms with van der Waals surface area (Å²) in [5.74, 6) is -0.504. The number of nitrogen functional groups attached to an aromatic ring is 1. The lowest BCUT2D eigenvalue weighted by Crippen LogP contribution is -2.40. The minimum absolute atomic E-state index is 0.00109. The molecule has 2 amide bonds. The number of rotatable bonds is 4. The quantitative estimate of drug-likeness (QED) is 0.423. The molecule has 0 aliphatic carbocycles. The Morgan fingerprint density at radius 3 is 3.00 bits per heavy atom. The number of hydrogen-bond acceptors (Lipinski definition) is 8. The van der Waals surface area contributed by atoms with Gasteiger partial charge in [-0.05, 0) is 44.0 Å². The summed E-state index contributed by atoms with van der Waals surface area (Å²) in [4.78, 5) is 39.9. The topological polar surface area (TPSA) is 145 Å². The molecule has 34 heavy (non-hydrogen) atoms. The van der Waals surface area contributed by atoms with Gasteiger partial charge in [0, 0.05) is 18.1 Å². The fraction of sp³-hybridized carbons (Fsp3) is 0.273. The van der Waals surface area contributed by atoms with Crippen molar-refractivity contribution >= 4 is 57.4 Å². The van der Waals surface area contributed by atoms with Gasteiger partial charge in [0.05, 0.1) is 11.4 Å². The predicted octanol–water partition coefficient (Wildman–Crippen LogP) is 3.20. The molecule has 0 bridgehead atoms. The Kier molecular flexibility index (Phi) is 5.62. The third-order valence-corrected chi connectivity index (χ3v) is 5.90. The van der Waals surface area contributed by atoms with Crippen molar-refractivity contribution in [3.63, 3.8) is 0 Å². The molecule has 174 valence electrons. The number of halogens is 1. The van der Waals surface area contributed by atoms with Crippen molar-refractivity contribution in [2.24, 2.45) is 0 Å². The molecular formula is C22H21ClN8O3.